The minimum absolute atomic E-state index is 0.0246. The first-order chi connectivity index (χ1) is 21.6. The van der Waals surface area contributed by atoms with Crippen LogP contribution in [0.3, 0.4) is 0 Å². The van der Waals surface area contributed by atoms with E-state index in [1.54, 1.807) is 0 Å². The Morgan fingerprint density at radius 1 is 0.800 bits per heavy atom. The van der Waals surface area contributed by atoms with E-state index < -0.39 is 7.82 Å². The van der Waals surface area contributed by atoms with Gasteiger partial charge in [0.25, 0.3) is 0 Å². The van der Waals surface area contributed by atoms with Crippen LogP contribution in [0.1, 0.15) is 121 Å². The van der Waals surface area contributed by atoms with Crippen molar-refractivity contribution in [2.75, 3.05) is 52.8 Å². The summed E-state index contributed by atoms with van der Waals surface area (Å²) < 4.78 is 32.8. The third kappa shape index (κ3) is 27.1. The molecule has 45 heavy (non-hydrogen) atoms. The molecule has 0 radical (unpaired) electrons. The number of carbonyl (C=O) groups is 1. The van der Waals surface area contributed by atoms with Crippen LogP contribution in [-0.4, -0.2) is 76.0 Å². The summed E-state index contributed by atoms with van der Waals surface area (Å²) in [5.74, 6) is -0.0246. The standard InChI is InChI=1S/C34H61BN3O6P/c1-38(2,3)28-30-44-45(41,42)43-29-19-17-15-13-11-9-7-5-4-6-8-10-12-14-16-18-21-32-23-25-33(26-24-32)37-34(39)22-20-27-36-31-35-40/h23-26,31H,4-22,27-30H2,1-3H3,(H-,37,39,41,42)/p+1. The first-order valence-electron chi connectivity index (χ1n) is 17.4. The molecule has 256 valence electrons. The van der Waals surface area contributed by atoms with E-state index in [0.29, 0.717) is 37.6 Å². The van der Waals surface area contributed by atoms with E-state index in [2.05, 4.69) is 22.4 Å². The van der Waals surface area contributed by atoms with Crippen LogP contribution in [0.25, 0.3) is 0 Å². The van der Waals surface area contributed by atoms with E-state index in [4.69, 9.17) is 9.05 Å². The first kappa shape index (κ1) is 41.3. The molecule has 0 saturated carbocycles. The van der Waals surface area contributed by atoms with Gasteiger partial charge in [-0.2, -0.15) is 0 Å². The van der Waals surface area contributed by atoms with Crippen LogP contribution in [0, 0.1) is 0 Å². The number of aliphatic imine (C=N–C) groups is 1. The Kier molecular flexibility index (Phi) is 24.2. The molecule has 1 rings (SSSR count). The summed E-state index contributed by atoms with van der Waals surface area (Å²) in [7, 11) is 2.76. The van der Waals surface area contributed by atoms with Crippen LogP contribution < -0.4 is 5.32 Å². The van der Waals surface area contributed by atoms with E-state index in [-0.39, 0.29) is 19.1 Å². The zero-order chi connectivity index (χ0) is 33.1. The van der Waals surface area contributed by atoms with Crippen LogP contribution in [0.15, 0.2) is 29.3 Å². The average molecular weight is 651 g/mol. The van der Waals surface area contributed by atoms with Crippen molar-refractivity contribution in [3.8, 4) is 0 Å². The molecule has 0 fully saturated rings. The molecule has 0 bridgehead atoms. The fourth-order valence-electron chi connectivity index (χ4n) is 4.98. The van der Waals surface area contributed by atoms with Gasteiger partial charge in [0.15, 0.2) is 0 Å². The molecule has 0 aromatic heterocycles. The van der Waals surface area contributed by atoms with Crippen molar-refractivity contribution in [1.29, 1.82) is 0 Å². The fraction of sp³-hybridized carbons (Fsp3) is 0.765. The summed E-state index contributed by atoms with van der Waals surface area (Å²) in [6.45, 7) is 1.64. The van der Waals surface area contributed by atoms with E-state index in [1.165, 1.54) is 95.1 Å². The van der Waals surface area contributed by atoms with Gasteiger partial charge in [0.2, 0.25) is 0 Å². The molecule has 1 aromatic carbocycles. The van der Waals surface area contributed by atoms with Gasteiger partial charge in [0, 0.05) is 0 Å². The van der Waals surface area contributed by atoms with E-state index >= 15 is 0 Å². The van der Waals surface area contributed by atoms with Gasteiger partial charge in [-0.25, -0.2) is 4.57 Å². The SMILES string of the molecule is C[N+](C)(C)CCOP(=O)(O)OCCCCCCCCCCCCCCCCCCc1ccc(NC(=O)CCCN=CB=O)cc1. The van der Waals surface area contributed by atoms with Gasteiger partial charge in [0.1, 0.15) is 13.2 Å². The number of quaternary nitrogens is 1. The number of phosphoric acid groups is 1. The second-order valence-corrected chi connectivity index (χ2v) is 14.5. The zero-order valence-corrected chi connectivity index (χ0v) is 29.5. The number of hydrogen-bond donors (Lipinski definition) is 2. The van der Waals surface area contributed by atoms with Gasteiger partial charge in [-0.15, -0.1) is 0 Å². The predicted octanol–water partition coefficient (Wildman–Crippen LogP) is 8.11. The van der Waals surface area contributed by atoms with Crippen molar-refractivity contribution in [2.45, 2.75) is 122 Å². The van der Waals surface area contributed by atoms with Gasteiger partial charge in [-0.05, 0) is 12.8 Å². The maximum atomic E-state index is 12.0. The molecule has 0 saturated heterocycles. The van der Waals surface area contributed by atoms with Crippen LogP contribution in [0.4, 0.5) is 5.69 Å². The molecule has 0 spiro atoms. The zero-order valence-electron chi connectivity index (χ0n) is 28.6. The molecule has 1 amide bonds. The van der Waals surface area contributed by atoms with E-state index in [1.807, 2.05) is 33.3 Å². The minimum atomic E-state index is -3.92. The number of nitrogens with zero attached hydrogens (tertiary/aromatic N) is 2. The van der Waals surface area contributed by atoms with Crippen molar-refractivity contribution in [2.24, 2.45) is 4.99 Å². The number of rotatable bonds is 30. The van der Waals surface area contributed by atoms with E-state index in [0.717, 1.165) is 31.4 Å². The molecule has 0 heterocycles. The Hall–Kier alpha value is -1.71. The van der Waals surface area contributed by atoms with Crippen LogP contribution in [0.5, 0.6) is 0 Å². The van der Waals surface area contributed by atoms with Crippen molar-refractivity contribution in [1.82, 2.24) is 0 Å². The maximum absolute atomic E-state index is 12.0. The molecule has 1 aromatic rings. The second kappa shape index (κ2) is 26.4. The Balaban J connectivity index is 1.85. The number of benzene rings is 1. The first-order valence-corrected chi connectivity index (χ1v) is 18.9. The summed E-state index contributed by atoms with van der Waals surface area (Å²) in [4.78, 5) is 25.6. The van der Waals surface area contributed by atoms with E-state index in [9.17, 15) is 19.0 Å². The number of aryl methyl sites for hydroxylation is 1. The quantitative estimate of drug-likeness (QED) is 0.0286. The number of likely N-dealkylation sites (N-methyl/N-ethyl adjacent to an activating group) is 1. The van der Waals surface area contributed by atoms with Gasteiger partial charge < -0.3 is 9.38 Å². The third-order valence-electron chi connectivity index (χ3n) is 7.73. The molecular weight excluding hydrogens is 588 g/mol. The Bertz CT molecular complexity index is 972. The van der Waals surface area contributed by atoms with Crippen LogP contribution >= 0.6 is 7.82 Å². The predicted molar refractivity (Wildman–Crippen MR) is 186 cm³/mol. The Labute approximate surface area is 274 Å². The molecule has 2 N–H and O–H groups in total. The average Bonchev–Trinajstić information content (AvgIpc) is 2.98. The van der Waals surface area contributed by atoms with Gasteiger partial charge in [0.05, 0.1) is 27.7 Å². The second-order valence-electron chi connectivity index (χ2n) is 13.1. The number of nitrogens with one attached hydrogen (secondary N) is 1. The molecule has 9 nitrogen and oxygen atoms in total. The number of carbonyl (C=O) groups excluding carboxylic acids is 1. The molecule has 11 heteroatoms. The molecular formula is C34H62BN3O6P+. The summed E-state index contributed by atoms with van der Waals surface area (Å²) in [6, 6.07) is 8.16. The number of unbranched alkanes of at least 4 members (excludes halogenated alkanes) is 15. The molecule has 0 aliphatic rings. The summed E-state index contributed by atoms with van der Waals surface area (Å²) in [5, 5.41) is 2.92. The molecule has 0 aliphatic carbocycles. The molecule has 1 unspecified atom stereocenters. The van der Waals surface area contributed by atoms with Gasteiger partial charge in [-0.1, -0.05) is 89.9 Å². The van der Waals surface area contributed by atoms with Crippen molar-refractivity contribution in [3.05, 3.63) is 29.8 Å². The Morgan fingerprint density at radius 3 is 1.80 bits per heavy atom. The fourth-order valence-corrected chi connectivity index (χ4v) is 5.73. The third-order valence-corrected chi connectivity index (χ3v) is 8.74. The van der Waals surface area contributed by atoms with Crippen molar-refractivity contribution < 1.29 is 32.5 Å². The normalized spacial score (nSPS) is 13.2. The number of amides is 1. The molecule has 1 atom stereocenters. The monoisotopic (exact) mass is 650 g/mol. The number of anilines is 1. The van der Waals surface area contributed by atoms with Crippen LogP contribution in [-0.2, 0) is 29.5 Å². The van der Waals surface area contributed by atoms with Crippen molar-refractivity contribution in [3.63, 3.8) is 0 Å². The topological polar surface area (TPSA) is 114 Å². The number of hydrogen-bond acceptors (Lipinski definition) is 6. The summed E-state index contributed by atoms with van der Waals surface area (Å²) in [5.41, 5.74) is 2.14. The summed E-state index contributed by atoms with van der Waals surface area (Å²) in [6.07, 6.45) is 23.3. The van der Waals surface area contributed by atoms with Gasteiger partial charge in [-0.3, -0.25) is 9.05 Å². The van der Waals surface area contributed by atoms with Crippen LogP contribution in [0.2, 0.25) is 0 Å². The van der Waals surface area contributed by atoms with Gasteiger partial charge >= 0.3 is 108 Å². The summed E-state index contributed by atoms with van der Waals surface area (Å²) >= 11 is 0. The molecule has 0 aliphatic heterocycles. The number of phosphoric ester groups is 1. The van der Waals surface area contributed by atoms with Crippen molar-refractivity contribution >= 4 is 32.7 Å². The Morgan fingerprint density at radius 2 is 1.29 bits per heavy atom.